The molecule has 1 aliphatic carbocycles. The predicted molar refractivity (Wildman–Crippen MR) is 110 cm³/mol. The first-order valence-corrected chi connectivity index (χ1v) is 9.99. The summed E-state index contributed by atoms with van der Waals surface area (Å²) in [6.45, 7) is 0. The van der Waals surface area contributed by atoms with Gasteiger partial charge in [0, 0.05) is 6.42 Å². The first-order valence-electron chi connectivity index (χ1n) is 9.99. The molecule has 1 aliphatic heterocycles. The number of ketones is 1. The molecule has 0 bridgehead atoms. The third-order valence-electron chi connectivity index (χ3n) is 5.68. The van der Waals surface area contributed by atoms with E-state index in [1.807, 2.05) is 30.3 Å². The second kappa shape index (κ2) is 8.61. The van der Waals surface area contributed by atoms with Gasteiger partial charge < -0.3 is 18.9 Å². The Morgan fingerprint density at radius 2 is 1.77 bits per heavy atom. The summed E-state index contributed by atoms with van der Waals surface area (Å²) in [6, 6.07) is 14.4. The molecular weight excluding hydrogens is 384 g/mol. The highest BCUT2D eigenvalue weighted by molar-refractivity contribution is 6.22. The number of allylic oxidation sites excluding steroid dienone is 1. The minimum atomic E-state index is -0.429. The van der Waals surface area contributed by atoms with Gasteiger partial charge in [-0.15, -0.1) is 0 Å². The van der Waals surface area contributed by atoms with Crippen LogP contribution in [-0.2, 0) is 14.3 Å². The van der Waals surface area contributed by atoms with Gasteiger partial charge in [-0.2, -0.15) is 0 Å². The zero-order valence-electron chi connectivity index (χ0n) is 17.0. The lowest BCUT2D eigenvalue weighted by Crippen LogP contribution is -2.41. The highest BCUT2D eigenvalue weighted by Gasteiger charge is 2.41. The van der Waals surface area contributed by atoms with E-state index in [0.29, 0.717) is 41.9 Å². The Hall–Kier alpha value is -3.28. The van der Waals surface area contributed by atoms with E-state index in [1.54, 1.807) is 24.5 Å². The molecule has 3 unspecified atom stereocenters. The molecule has 0 aromatic heterocycles. The molecule has 0 amide bonds. The standard InChI is InChI=1S/C24H24O6/c1-27-20-11-8-16(12-22(20)28-2)24(26)30-17-9-10-18-21(13-17)29-14-19(23(18)25)15-6-4-3-5-7-15/h3-8,11-12,14,17-18,21H,9-10,13H2,1-2H3. The number of carbonyl (C=O) groups excluding carboxylic acids is 2. The number of fused-ring (bicyclic) bond motifs is 1. The summed E-state index contributed by atoms with van der Waals surface area (Å²) >= 11 is 0. The molecule has 4 rings (SSSR count). The van der Waals surface area contributed by atoms with E-state index >= 15 is 0 Å². The lowest BCUT2D eigenvalue weighted by atomic mass is 9.78. The molecule has 1 saturated carbocycles. The third-order valence-corrected chi connectivity index (χ3v) is 5.68. The van der Waals surface area contributed by atoms with Crippen molar-refractivity contribution >= 4 is 17.3 Å². The number of methoxy groups -OCH3 is 2. The summed E-state index contributed by atoms with van der Waals surface area (Å²) < 4.78 is 22.0. The number of rotatable bonds is 5. The molecule has 6 heteroatoms. The van der Waals surface area contributed by atoms with Gasteiger partial charge in [-0.05, 0) is 36.6 Å². The number of benzene rings is 2. The monoisotopic (exact) mass is 408 g/mol. The largest absolute Gasteiger partial charge is 0.496 e. The van der Waals surface area contributed by atoms with Gasteiger partial charge in [0.05, 0.1) is 37.5 Å². The van der Waals surface area contributed by atoms with Crippen LogP contribution in [0.2, 0.25) is 0 Å². The third kappa shape index (κ3) is 3.90. The van der Waals surface area contributed by atoms with E-state index in [9.17, 15) is 9.59 Å². The molecule has 1 fully saturated rings. The van der Waals surface area contributed by atoms with Crippen molar-refractivity contribution in [3.8, 4) is 11.5 Å². The van der Waals surface area contributed by atoms with Gasteiger partial charge in [-0.1, -0.05) is 30.3 Å². The number of hydrogen-bond donors (Lipinski definition) is 0. The molecule has 2 aromatic carbocycles. The fourth-order valence-electron chi connectivity index (χ4n) is 4.07. The van der Waals surface area contributed by atoms with Crippen LogP contribution in [0.5, 0.6) is 11.5 Å². The summed E-state index contributed by atoms with van der Waals surface area (Å²) in [4.78, 5) is 25.6. The normalized spacial score (nSPS) is 22.9. The van der Waals surface area contributed by atoms with Crippen LogP contribution in [0.25, 0.3) is 5.57 Å². The van der Waals surface area contributed by atoms with Gasteiger partial charge >= 0.3 is 5.97 Å². The molecule has 0 spiro atoms. The molecule has 30 heavy (non-hydrogen) atoms. The van der Waals surface area contributed by atoms with Crippen molar-refractivity contribution in [2.45, 2.75) is 31.5 Å². The van der Waals surface area contributed by atoms with Gasteiger partial charge in [0.1, 0.15) is 12.2 Å². The van der Waals surface area contributed by atoms with Crippen LogP contribution in [0, 0.1) is 5.92 Å². The SMILES string of the molecule is COc1ccc(C(=O)OC2CCC3C(=O)C(c4ccccc4)=COC3C2)cc1OC. The first kappa shape index (κ1) is 20.0. The second-order valence-electron chi connectivity index (χ2n) is 7.45. The Morgan fingerprint density at radius 3 is 2.50 bits per heavy atom. The molecular formula is C24H24O6. The summed E-state index contributed by atoms with van der Waals surface area (Å²) in [5.74, 6) is 0.477. The number of Topliss-reactive ketones (excluding diaryl/α,β-unsaturated/α-hetero) is 1. The van der Waals surface area contributed by atoms with Crippen molar-refractivity contribution in [2.24, 2.45) is 5.92 Å². The summed E-state index contributed by atoms with van der Waals surface area (Å²) in [6.07, 6.45) is 2.72. The van der Waals surface area contributed by atoms with Crippen LogP contribution in [-0.4, -0.2) is 38.2 Å². The highest BCUT2D eigenvalue weighted by atomic mass is 16.5. The van der Waals surface area contributed by atoms with Gasteiger partial charge in [0.15, 0.2) is 17.3 Å². The minimum Gasteiger partial charge on any atom is -0.496 e. The molecule has 3 atom stereocenters. The van der Waals surface area contributed by atoms with Gasteiger partial charge in [-0.3, -0.25) is 4.79 Å². The quantitative estimate of drug-likeness (QED) is 0.696. The van der Waals surface area contributed by atoms with E-state index < -0.39 is 5.97 Å². The van der Waals surface area contributed by atoms with E-state index in [2.05, 4.69) is 0 Å². The molecule has 1 heterocycles. The number of esters is 1. The Balaban J connectivity index is 1.42. The lowest BCUT2D eigenvalue weighted by molar-refractivity contribution is -0.126. The topological polar surface area (TPSA) is 71.1 Å². The number of ether oxygens (including phenoxy) is 4. The molecule has 0 saturated heterocycles. The zero-order chi connectivity index (χ0) is 21.1. The number of carbonyl (C=O) groups is 2. The summed E-state index contributed by atoms with van der Waals surface area (Å²) in [5.41, 5.74) is 1.86. The first-order chi connectivity index (χ1) is 14.6. The van der Waals surface area contributed by atoms with E-state index in [1.165, 1.54) is 14.2 Å². The van der Waals surface area contributed by atoms with Gasteiger partial charge in [0.2, 0.25) is 0 Å². The van der Waals surface area contributed by atoms with Crippen molar-refractivity contribution in [2.75, 3.05) is 14.2 Å². The molecule has 2 aliphatic rings. The van der Waals surface area contributed by atoms with Crippen LogP contribution in [0.4, 0.5) is 0 Å². The Kier molecular flexibility index (Phi) is 5.74. The van der Waals surface area contributed by atoms with Crippen molar-refractivity contribution in [1.29, 1.82) is 0 Å². The molecule has 2 aromatic rings. The highest BCUT2D eigenvalue weighted by Crippen LogP contribution is 2.37. The fourth-order valence-corrected chi connectivity index (χ4v) is 4.07. The number of hydrogen-bond acceptors (Lipinski definition) is 6. The predicted octanol–water partition coefficient (Wildman–Crippen LogP) is 4.04. The average Bonchev–Trinajstić information content (AvgIpc) is 2.79. The molecule has 156 valence electrons. The Bertz CT molecular complexity index is 965. The van der Waals surface area contributed by atoms with Crippen LogP contribution in [0.1, 0.15) is 35.2 Å². The Morgan fingerprint density at radius 1 is 1.00 bits per heavy atom. The molecule has 0 N–H and O–H groups in total. The van der Waals surface area contributed by atoms with Crippen molar-refractivity contribution < 1.29 is 28.5 Å². The maximum absolute atomic E-state index is 13.0. The van der Waals surface area contributed by atoms with Gasteiger partial charge in [0.25, 0.3) is 0 Å². The summed E-state index contributed by atoms with van der Waals surface area (Å²) in [7, 11) is 3.06. The van der Waals surface area contributed by atoms with Crippen molar-refractivity contribution in [3.05, 3.63) is 65.9 Å². The van der Waals surface area contributed by atoms with Crippen molar-refractivity contribution in [3.63, 3.8) is 0 Å². The van der Waals surface area contributed by atoms with E-state index in [-0.39, 0.29) is 23.9 Å². The van der Waals surface area contributed by atoms with Crippen molar-refractivity contribution in [1.82, 2.24) is 0 Å². The average molecular weight is 408 g/mol. The van der Waals surface area contributed by atoms with E-state index in [0.717, 1.165) is 5.56 Å². The molecule has 6 nitrogen and oxygen atoms in total. The van der Waals surface area contributed by atoms with Crippen LogP contribution in [0.15, 0.2) is 54.8 Å². The van der Waals surface area contributed by atoms with Crippen LogP contribution >= 0.6 is 0 Å². The maximum Gasteiger partial charge on any atom is 0.338 e. The van der Waals surface area contributed by atoms with Crippen LogP contribution in [0.3, 0.4) is 0 Å². The fraction of sp³-hybridized carbons (Fsp3) is 0.333. The lowest BCUT2D eigenvalue weighted by Gasteiger charge is -2.37. The van der Waals surface area contributed by atoms with E-state index in [4.69, 9.17) is 18.9 Å². The van der Waals surface area contributed by atoms with Crippen LogP contribution < -0.4 is 9.47 Å². The minimum absolute atomic E-state index is 0.0992. The molecule has 0 radical (unpaired) electrons. The van der Waals surface area contributed by atoms with Gasteiger partial charge in [-0.25, -0.2) is 4.79 Å². The maximum atomic E-state index is 13.0. The smallest absolute Gasteiger partial charge is 0.338 e. The summed E-state index contributed by atoms with van der Waals surface area (Å²) in [5, 5.41) is 0. The Labute approximate surface area is 175 Å². The zero-order valence-corrected chi connectivity index (χ0v) is 17.0. The second-order valence-corrected chi connectivity index (χ2v) is 7.45.